The van der Waals surface area contributed by atoms with Gasteiger partial charge in [-0.2, -0.15) is 0 Å². The Morgan fingerprint density at radius 3 is 2.40 bits per heavy atom. The van der Waals surface area contributed by atoms with Crippen molar-refractivity contribution in [3.8, 4) is 11.5 Å². The molecule has 0 bridgehead atoms. The minimum absolute atomic E-state index is 0.0498. The lowest BCUT2D eigenvalue weighted by atomic mass is 9.81. The second kappa shape index (κ2) is 15.1. The third kappa shape index (κ3) is 6.62. The van der Waals surface area contributed by atoms with E-state index in [1.54, 1.807) is 12.1 Å². The van der Waals surface area contributed by atoms with Crippen LogP contribution in [0.2, 0.25) is 0 Å². The van der Waals surface area contributed by atoms with Gasteiger partial charge in [-0.1, -0.05) is 27.7 Å². The number of ether oxygens (including phenoxy) is 1. The molecular formula is C42H43N4O7S2+. The zero-order valence-corrected chi connectivity index (χ0v) is 32.3. The fraction of sp³-hybridized carbons (Fsp3) is 0.429. The lowest BCUT2D eigenvalue weighted by Gasteiger charge is -2.39. The van der Waals surface area contributed by atoms with Crippen LogP contribution in [0.5, 0.6) is 11.5 Å². The van der Waals surface area contributed by atoms with Crippen LogP contribution < -0.4 is 30.1 Å². The van der Waals surface area contributed by atoms with Crippen LogP contribution in [0, 0.1) is 0 Å². The first-order valence-corrected chi connectivity index (χ1v) is 22.0. The second-order valence-corrected chi connectivity index (χ2v) is 17.7. The molecule has 284 valence electrons. The third-order valence-electron chi connectivity index (χ3n) is 11.5. The van der Waals surface area contributed by atoms with Crippen LogP contribution >= 0.6 is 21.6 Å². The zero-order valence-electron chi connectivity index (χ0n) is 30.7. The van der Waals surface area contributed by atoms with Crippen molar-refractivity contribution in [3.05, 3.63) is 85.4 Å². The molecule has 0 aromatic heterocycles. The molecule has 1 saturated heterocycles. The molecule has 11 nitrogen and oxygen atoms in total. The normalized spacial score (nSPS) is 17.9. The number of nitrogens with zero attached hydrogens (tertiary/aromatic N) is 3. The molecular weight excluding hydrogens is 737 g/mol. The number of anilines is 1. The van der Waals surface area contributed by atoms with E-state index in [2.05, 4.69) is 26.9 Å². The molecule has 3 aromatic rings. The van der Waals surface area contributed by atoms with Crippen molar-refractivity contribution in [3.63, 3.8) is 0 Å². The van der Waals surface area contributed by atoms with Gasteiger partial charge in [-0.3, -0.25) is 19.2 Å². The Bertz CT molecular complexity index is 2290. The highest BCUT2D eigenvalue weighted by Crippen LogP contribution is 2.48. The first-order chi connectivity index (χ1) is 26.9. The first kappa shape index (κ1) is 36.0. The average molecular weight is 780 g/mol. The molecule has 6 heterocycles. The van der Waals surface area contributed by atoms with Gasteiger partial charge in [0, 0.05) is 101 Å². The van der Waals surface area contributed by atoms with Crippen LogP contribution in [-0.2, 0) is 44.9 Å². The van der Waals surface area contributed by atoms with Gasteiger partial charge >= 0.3 is 5.97 Å². The summed E-state index contributed by atoms with van der Waals surface area (Å²) in [5.41, 5.74) is 10.3. The summed E-state index contributed by atoms with van der Waals surface area (Å²) >= 11 is 0. The Morgan fingerprint density at radius 1 is 0.836 bits per heavy atom. The Balaban J connectivity index is 1.00. The summed E-state index contributed by atoms with van der Waals surface area (Å²) in [5, 5.41) is 5.94. The lowest BCUT2D eigenvalue weighted by Crippen LogP contribution is -2.45. The van der Waals surface area contributed by atoms with Gasteiger partial charge < -0.3 is 19.8 Å². The van der Waals surface area contributed by atoms with Crippen molar-refractivity contribution in [2.75, 3.05) is 49.1 Å². The van der Waals surface area contributed by atoms with E-state index >= 15 is 0 Å². The maximum absolute atomic E-state index is 13.7. The number of hydrogen-bond acceptors (Lipinski definition) is 10. The number of aryl methyl sites for hydroxylation is 2. The van der Waals surface area contributed by atoms with Crippen molar-refractivity contribution in [2.45, 2.75) is 70.6 Å². The first-order valence-electron chi connectivity index (χ1n) is 19.5. The maximum atomic E-state index is 13.7. The highest BCUT2D eigenvalue weighted by atomic mass is 33.1. The molecule has 0 atom stereocenters. The highest BCUT2D eigenvalue weighted by Gasteiger charge is 2.36. The fourth-order valence-electron chi connectivity index (χ4n) is 9.18. The molecule has 1 fully saturated rings. The molecule has 3 amide bonds. The number of aldehydes is 1. The van der Waals surface area contributed by atoms with Crippen molar-refractivity contribution >= 4 is 62.8 Å². The number of benzene rings is 3. The number of fused-ring (bicyclic) bond motifs is 4. The molecule has 6 aliphatic heterocycles. The summed E-state index contributed by atoms with van der Waals surface area (Å²) in [5.74, 6) is 0.991. The van der Waals surface area contributed by atoms with Gasteiger partial charge in [-0.05, 0) is 73.9 Å². The summed E-state index contributed by atoms with van der Waals surface area (Å²) in [4.78, 5) is 69.4. The minimum atomic E-state index is -0.630. The molecule has 9 rings (SSSR count). The van der Waals surface area contributed by atoms with E-state index in [0.29, 0.717) is 34.2 Å². The topological polar surface area (TPSA) is 125 Å². The Morgan fingerprint density at radius 2 is 1.58 bits per heavy atom. The fourth-order valence-corrected chi connectivity index (χ4v) is 11.1. The van der Waals surface area contributed by atoms with Gasteiger partial charge in [-0.15, -0.1) is 5.06 Å². The average Bonchev–Trinajstić information content (AvgIpc) is 3.52. The number of hydroxylamine groups is 2. The SMILES string of the molecule is O=Cc1ccc(C(=O)NCCSSCCC(=O)ON2C(=O)CCC2=O)cc1C1=c2cc3c4c(c2Oc2c1cc1c5c2CCCN5CCC1)CCC[N+]=4CCC3. The zero-order chi connectivity index (χ0) is 37.6. The number of rotatable bonds is 11. The number of carbonyl (C=O) groups is 5. The second-order valence-electron chi connectivity index (χ2n) is 15.0. The van der Waals surface area contributed by atoms with Crippen LogP contribution in [0.1, 0.15) is 99.0 Å². The number of amides is 3. The van der Waals surface area contributed by atoms with E-state index in [1.165, 1.54) is 54.9 Å². The molecule has 0 saturated carbocycles. The summed E-state index contributed by atoms with van der Waals surface area (Å²) < 4.78 is 9.70. The smallest absolute Gasteiger partial charge is 0.334 e. The summed E-state index contributed by atoms with van der Waals surface area (Å²) in [6.07, 6.45) is 9.31. The summed E-state index contributed by atoms with van der Waals surface area (Å²) in [6.45, 7) is 4.63. The number of carbonyl (C=O) groups excluding carboxylic acids is 5. The van der Waals surface area contributed by atoms with E-state index in [1.807, 2.05) is 6.07 Å². The van der Waals surface area contributed by atoms with Gasteiger partial charge in [0.1, 0.15) is 24.6 Å². The van der Waals surface area contributed by atoms with Gasteiger partial charge in [0.25, 0.3) is 17.7 Å². The highest BCUT2D eigenvalue weighted by molar-refractivity contribution is 8.76. The molecule has 0 radical (unpaired) electrons. The van der Waals surface area contributed by atoms with Crippen LogP contribution in [0.15, 0.2) is 30.3 Å². The van der Waals surface area contributed by atoms with E-state index in [4.69, 9.17) is 9.57 Å². The van der Waals surface area contributed by atoms with Crippen LogP contribution in [0.4, 0.5) is 5.69 Å². The molecule has 1 N–H and O–H groups in total. The maximum Gasteiger partial charge on any atom is 0.334 e. The van der Waals surface area contributed by atoms with Gasteiger partial charge in [0.2, 0.25) is 5.36 Å². The van der Waals surface area contributed by atoms with Crippen LogP contribution in [-0.4, -0.2) is 79.3 Å². The van der Waals surface area contributed by atoms with Crippen molar-refractivity contribution < 1.29 is 33.5 Å². The van der Waals surface area contributed by atoms with E-state index < -0.39 is 17.8 Å². The molecule has 3 aromatic carbocycles. The van der Waals surface area contributed by atoms with Gasteiger partial charge in [0.05, 0.1) is 12.0 Å². The van der Waals surface area contributed by atoms with Crippen LogP contribution in [0.25, 0.3) is 5.57 Å². The Labute approximate surface area is 326 Å². The monoisotopic (exact) mass is 779 g/mol. The van der Waals surface area contributed by atoms with Crippen molar-refractivity contribution in [2.24, 2.45) is 0 Å². The van der Waals surface area contributed by atoms with Crippen molar-refractivity contribution in [1.82, 2.24) is 15.0 Å². The molecule has 0 aliphatic carbocycles. The Kier molecular flexibility index (Phi) is 9.92. The van der Waals surface area contributed by atoms with Gasteiger partial charge in [0.15, 0.2) is 6.29 Å². The third-order valence-corrected chi connectivity index (χ3v) is 14.0. The minimum Gasteiger partial charge on any atom is -0.455 e. The lowest BCUT2D eigenvalue weighted by molar-refractivity contribution is -0.197. The number of imide groups is 1. The molecule has 0 spiro atoms. The standard InChI is InChI=1S/C42H42N4O7S2/c47-24-28-10-9-27(42(51)43-14-20-55-54-19-13-36(50)53-46-34(48)11-12-35(46)49)23-31(28)37-32-21-25-5-1-15-44-17-3-7-29(38(25)44)40(32)52-41-30-8-4-18-45-16-2-6-26(39(30)45)22-33(37)41/h9-10,21-24H,1-8,11-20H2/p+1. The molecule has 6 aliphatic rings. The van der Waals surface area contributed by atoms with Gasteiger partial charge in [-0.25, -0.2) is 9.37 Å². The summed E-state index contributed by atoms with van der Waals surface area (Å²) in [6, 6.07) is 9.98. The quantitative estimate of drug-likeness (QED) is 0.0785. The Hall–Kier alpha value is -4.62. The van der Waals surface area contributed by atoms with Crippen LogP contribution in [0.3, 0.4) is 0 Å². The number of nitrogens with one attached hydrogen (secondary N) is 1. The largest absolute Gasteiger partial charge is 0.455 e. The molecule has 55 heavy (non-hydrogen) atoms. The number of hydrogen-bond donors (Lipinski definition) is 1. The summed E-state index contributed by atoms with van der Waals surface area (Å²) in [7, 11) is 2.96. The van der Waals surface area contributed by atoms with E-state index in [0.717, 1.165) is 117 Å². The van der Waals surface area contributed by atoms with Crippen molar-refractivity contribution in [1.29, 1.82) is 0 Å². The van der Waals surface area contributed by atoms with E-state index in [-0.39, 0.29) is 25.2 Å². The predicted molar refractivity (Wildman–Crippen MR) is 211 cm³/mol. The predicted octanol–water partition coefficient (Wildman–Crippen LogP) is 4.04. The van der Waals surface area contributed by atoms with E-state index in [9.17, 15) is 24.0 Å². The molecule has 13 heteroatoms. The molecule has 0 unspecified atom stereocenters.